The fourth-order valence-corrected chi connectivity index (χ4v) is 8.99. The number of nitro groups is 2. The topological polar surface area (TPSA) is 331 Å². The lowest BCUT2D eigenvalue weighted by atomic mass is 9.84. The molecule has 0 radical (unpaired) electrons. The monoisotopic (exact) mass is 1170 g/mol. The number of hydrogen-bond acceptors (Lipinski definition) is 22. The first-order valence-electron chi connectivity index (χ1n) is 26.8. The summed E-state index contributed by atoms with van der Waals surface area (Å²) < 4.78 is 63.1. The predicted molar refractivity (Wildman–Crippen MR) is 294 cm³/mol. The van der Waals surface area contributed by atoms with Gasteiger partial charge in [-0.25, -0.2) is 14.4 Å². The van der Waals surface area contributed by atoms with Crippen LogP contribution in [0.5, 0.6) is 23.0 Å². The van der Waals surface area contributed by atoms with E-state index in [0.717, 1.165) is 24.3 Å². The van der Waals surface area contributed by atoms with E-state index in [1.165, 1.54) is 74.5 Å². The van der Waals surface area contributed by atoms with Gasteiger partial charge in [-0.15, -0.1) is 0 Å². The van der Waals surface area contributed by atoms with Crippen LogP contribution in [0.2, 0.25) is 0 Å². The van der Waals surface area contributed by atoms with Crippen molar-refractivity contribution in [3.8, 4) is 23.0 Å². The largest absolute Gasteiger partial charge is 0.514 e. The van der Waals surface area contributed by atoms with Crippen LogP contribution in [0.4, 0.5) is 31.4 Å². The van der Waals surface area contributed by atoms with Crippen molar-refractivity contribution in [2.75, 3.05) is 5.32 Å². The number of hydrogen-bond donors (Lipinski definition) is 2. The number of ether oxygens (including phenoxy) is 11. The third-order valence-electron chi connectivity index (χ3n) is 14.0. The molecule has 11 atom stereocenters. The van der Waals surface area contributed by atoms with Crippen LogP contribution in [0, 0.1) is 43.9 Å². The summed E-state index contributed by atoms with van der Waals surface area (Å²) in [6, 6.07) is 16.5. The summed E-state index contributed by atoms with van der Waals surface area (Å²) in [5.41, 5.74) is -0.832. The van der Waals surface area contributed by atoms with Crippen molar-refractivity contribution in [2.45, 2.75) is 151 Å². The van der Waals surface area contributed by atoms with E-state index >= 15 is 0 Å². The van der Waals surface area contributed by atoms with E-state index in [4.69, 9.17) is 52.1 Å². The van der Waals surface area contributed by atoms with E-state index < -0.39 is 114 Å². The Morgan fingerprint density at radius 2 is 1.05 bits per heavy atom. The van der Waals surface area contributed by atoms with Crippen LogP contribution in [-0.4, -0.2) is 101 Å². The Kier molecular flexibility index (Phi) is 21.7. The van der Waals surface area contributed by atoms with Crippen LogP contribution in [-0.2, 0) is 72.0 Å². The fourth-order valence-electron chi connectivity index (χ4n) is 8.99. The Bertz CT molecular complexity index is 3060. The van der Waals surface area contributed by atoms with Crippen LogP contribution in [0.1, 0.15) is 99.3 Å². The summed E-state index contributed by atoms with van der Waals surface area (Å²) in [7, 11) is 0. The smallest absolute Gasteiger partial charge is 0.460 e. The van der Waals surface area contributed by atoms with Gasteiger partial charge in [-0.3, -0.25) is 39.4 Å². The zero-order valence-corrected chi connectivity index (χ0v) is 48.1. The van der Waals surface area contributed by atoms with Crippen molar-refractivity contribution >= 4 is 59.1 Å². The highest BCUT2D eigenvalue weighted by molar-refractivity contribution is 5.98. The lowest BCUT2D eigenvalue weighted by Gasteiger charge is -2.42. The number of nitrogens with one attached hydrogen (secondary N) is 2. The molecule has 4 unspecified atom stereocenters. The molecule has 26 nitrogen and oxygen atoms in total. The lowest BCUT2D eigenvalue weighted by Crippen LogP contribution is -2.52. The number of ketones is 1. The molecular weight excluding hydrogens is 1100 g/mol. The Balaban J connectivity index is 1.26. The van der Waals surface area contributed by atoms with Gasteiger partial charge in [0.15, 0.2) is 18.0 Å². The normalized spacial score (nSPS) is 22.3. The Labute approximate surface area is 483 Å². The summed E-state index contributed by atoms with van der Waals surface area (Å²) in [4.78, 5) is 113. The molecule has 0 aromatic heterocycles. The maximum atomic E-state index is 14.4. The first kappa shape index (κ1) is 64.3. The Morgan fingerprint density at radius 1 is 0.607 bits per heavy atom. The molecule has 2 amide bonds. The molecule has 452 valence electrons. The molecule has 2 heterocycles. The molecule has 2 N–H and O–H groups in total. The maximum Gasteiger partial charge on any atom is 0.514 e. The number of carbonyl (C=O) groups is 7. The van der Waals surface area contributed by atoms with Crippen molar-refractivity contribution < 1.29 is 95.5 Å². The fraction of sp³-hybridized carbons (Fsp3) is 0.466. The highest BCUT2D eigenvalue weighted by Crippen LogP contribution is 2.37. The standard InChI is InChI=1S/C58H68N4O22/c1-30-32(3)51(78-36(7)63)53(76-34(30)5)82-48-22-12-38(24-39(48)28-74-56(68)80-44-18-14-42(15-19-44)61(70)71)25-47(65)46(60-55(67)84-58(9,10)11)27-50(66)59-41-13-23-49(83-54-52(79-37(8)64)33(4)31(2)35(6)77-54)40(26-41)29-75-57(69)81-45-20-16-43(17-21-45)62(72)73/h12-24,26,30-35,46,51-54H,25,27-29H2,1-11H3,(H,59,66)(H,60,67)/t30-,31-,32-,33-,34?,35?,46-,51?,52?,53-,54-/m0/s1. The zero-order chi connectivity index (χ0) is 61.7. The number of nitro benzene ring substituents is 2. The number of Topliss-reactive ketones (excluding diaryl/α,β-unsaturated/α-hetero) is 1. The highest BCUT2D eigenvalue weighted by atomic mass is 16.7. The molecule has 0 aliphatic carbocycles. The lowest BCUT2D eigenvalue weighted by molar-refractivity contribution is -0.385. The summed E-state index contributed by atoms with van der Waals surface area (Å²) in [5, 5.41) is 27.5. The van der Waals surface area contributed by atoms with Crippen LogP contribution in [0.3, 0.4) is 0 Å². The number of non-ortho nitro benzene ring substituents is 2. The number of benzene rings is 4. The SMILES string of the molecule is CC(=O)OC1[C@H](Oc2ccc(CC(=O)[C@H](CC(=O)Nc3ccc(O[C@@H]4OC(C)[C@@H](C)[C@H](C)C4OC(C)=O)c(COC(=O)Oc4ccc([N+](=O)[O-])cc4)c3)NC(=O)OC(C)(C)C)cc2COC(=O)Oc2ccc([N+](=O)[O-])cc2)OC(C)[C@@H](C)[C@@H]1C. The first-order chi connectivity index (χ1) is 39.5. The van der Waals surface area contributed by atoms with Crippen LogP contribution in [0.15, 0.2) is 84.9 Å². The summed E-state index contributed by atoms with van der Waals surface area (Å²) in [6.45, 7) is 17.5. The van der Waals surface area contributed by atoms with Crippen LogP contribution < -0.4 is 29.6 Å². The van der Waals surface area contributed by atoms with E-state index in [2.05, 4.69) is 10.6 Å². The minimum absolute atomic E-state index is 0.0542. The predicted octanol–water partition coefficient (Wildman–Crippen LogP) is 9.62. The van der Waals surface area contributed by atoms with Crippen molar-refractivity contribution in [1.29, 1.82) is 0 Å². The van der Waals surface area contributed by atoms with E-state index in [9.17, 15) is 53.8 Å². The van der Waals surface area contributed by atoms with E-state index in [0.29, 0.717) is 0 Å². The molecule has 0 bridgehead atoms. The molecule has 4 aromatic rings. The van der Waals surface area contributed by atoms with Crippen molar-refractivity contribution in [1.82, 2.24) is 5.32 Å². The third kappa shape index (κ3) is 18.3. The van der Waals surface area contributed by atoms with Gasteiger partial charge in [0.05, 0.1) is 34.5 Å². The zero-order valence-electron chi connectivity index (χ0n) is 48.1. The second kappa shape index (κ2) is 28.4. The number of rotatable bonds is 21. The highest BCUT2D eigenvalue weighted by Gasteiger charge is 2.45. The van der Waals surface area contributed by atoms with Gasteiger partial charge in [0.1, 0.15) is 41.8 Å². The summed E-state index contributed by atoms with van der Waals surface area (Å²) in [5.74, 6) is -3.19. The molecule has 4 aromatic carbocycles. The van der Waals surface area contributed by atoms with Crippen LogP contribution in [0.25, 0.3) is 0 Å². The van der Waals surface area contributed by atoms with Gasteiger partial charge in [0.2, 0.25) is 18.5 Å². The molecule has 0 spiro atoms. The van der Waals surface area contributed by atoms with Gasteiger partial charge in [0, 0.05) is 73.2 Å². The minimum atomic E-state index is -1.54. The molecule has 26 heteroatoms. The van der Waals surface area contributed by atoms with Gasteiger partial charge in [-0.05, 0) is 107 Å². The molecule has 2 fully saturated rings. The Hall–Kier alpha value is -8.91. The number of nitrogens with zero attached hydrogens (tertiary/aromatic N) is 2. The van der Waals surface area contributed by atoms with Gasteiger partial charge < -0.3 is 62.7 Å². The average molecular weight is 1170 g/mol. The minimum Gasteiger partial charge on any atom is -0.460 e. The second-order valence-electron chi connectivity index (χ2n) is 21.4. The number of esters is 2. The molecule has 0 saturated carbocycles. The number of anilines is 1. The first-order valence-corrected chi connectivity index (χ1v) is 26.8. The third-order valence-corrected chi connectivity index (χ3v) is 14.0. The molecule has 6 rings (SSSR count). The molecule has 2 aliphatic heterocycles. The number of alkyl carbamates (subject to hydrolysis) is 1. The van der Waals surface area contributed by atoms with E-state index in [-0.39, 0.29) is 92.6 Å². The van der Waals surface area contributed by atoms with E-state index in [1.807, 2.05) is 41.5 Å². The van der Waals surface area contributed by atoms with E-state index in [1.54, 1.807) is 20.8 Å². The summed E-state index contributed by atoms with van der Waals surface area (Å²) in [6.07, 6.45) is -9.28. The molecule has 2 aliphatic rings. The number of carbonyl (C=O) groups excluding carboxylic acids is 7. The average Bonchev–Trinajstić information content (AvgIpc) is 3.41. The second-order valence-corrected chi connectivity index (χ2v) is 21.4. The summed E-state index contributed by atoms with van der Waals surface area (Å²) >= 11 is 0. The maximum absolute atomic E-state index is 14.4. The van der Waals surface area contributed by atoms with Gasteiger partial charge >= 0.3 is 30.3 Å². The van der Waals surface area contributed by atoms with Gasteiger partial charge in [-0.1, -0.05) is 33.8 Å². The molecule has 84 heavy (non-hydrogen) atoms. The van der Waals surface area contributed by atoms with Gasteiger partial charge in [0.25, 0.3) is 11.4 Å². The van der Waals surface area contributed by atoms with Crippen molar-refractivity contribution in [3.63, 3.8) is 0 Å². The number of amides is 2. The molecular formula is C58H68N4O22. The van der Waals surface area contributed by atoms with Gasteiger partial charge in [-0.2, -0.15) is 0 Å². The van der Waals surface area contributed by atoms with Crippen LogP contribution >= 0.6 is 0 Å². The molecule has 2 saturated heterocycles. The Morgan fingerprint density at radius 3 is 1.48 bits per heavy atom. The van der Waals surface area contributed by atoms with Crippen molar-refractivity contribution in [2.24, 2.45) is 23.7 Å². The quantitative estimate of drug-likeness (QED) is 0.0258. The van der Waals surface area contributed by atoms with Crippen molar-refractivity contribution in [3.05, 3.63) is 122 Å².